The molecule has 0 radical (unpaired) electrons. The van der Waals surface area contributed by atoms with Gasteiger partial charge in [0.1, 0.15) is 5.76 Å². The van der Waals surface area contributed by atoms with Crippen LogP contribution in [0.25, 0.3) is 0 Å². The van der Waals surface area contributed by atoms with E-state index in [-0.39, 0.29) is 27.9 Å². The van der Waals surface area contributed by atoms with Crippen molar-refractivity contribution in [1.29, 1.82) is 0 Å². The van der Waals surface area contributed by atoms with E-state index >= 15 is 0 Å². The van der Waals surface area contributed by atoms with E-state index < -0.39 is 20.0 Å². The zero-order chi connectivity index (χ0) is 21.1. The van der Waals surface area contributed by atoms with Crippen LogP contribution in [0.1, 0.15) is 31.1 Å². The van der Waals surface area contributed by atoms with Crippen molar-refractivity contribution in [3.05, 3.63) is 78.3 Å². The number of hydrogen-bond donors (Lipinski definition) is 2. The fourth-order valence-corrected chi connectivity index (χ4v) is 4.72. The minimum Gasteiger partial charge on any atom is -0.468 e. The summed E-state index contributed by atoms with van der Waals surface area (Å²) in [5, 5.41) is 0. The van der Waals surface area contributed by atoms with Crippen molar-refractivity contribution >= 4 is 25.7 Å². The normalized spacial score (nSPS) is 12.2. The smallest absolute Gasteiger partial charge is 0.261 e. The van der Waals surface area contributed by atoms with E-state index in [1.165, 1.54) is 42.7 Å². The molecule has 3 aromatic rings. The van der Waals surface area contributed by atoms with E-state index in [2.05, 4.69) is 9.44 Å². The molecule has 154 valence electrons. The van der Waals surface area contributed by atoms with Gasteiger partial charge in [-0.05, 0) is 53.9 Å². The number of hydrogen-bond acceptors (Lipinski definition) is 5. The summed E-state index contributed by atoms with van der Waals surface area (Å²) in [6.07, 6.45) is 1.45. The van der Waals surface area contributed by atoms with Gasteiger partial charge in [0.2, 0.25) is 10.0 Å². The van der Waals surface area contributed by atoms with Gasteiger partial charge in [-0.2, -0.15) is 0 Å². The van der Waals surface area contributed by atoms with Crippen LogP contribution in [0, 0.1) is 0 Å². The third kappa shape index (κ3) is 5.26. The van der Waals surface area contributed by atoms with Gasteiger partial charge in [0, 0.05) is 0 Å². The molecule has 0 bridgehead atoms. The quantitative estimate of drug-likeness (QED) is 0.563. The van der Waals surface area contributed by atoms with E-state index in [4.69, 9.17) is 4.42 Å². The zero-order valence-electron chi connectivity index (χ0n) is 16.0. The molecule has 0 aliphatic carbocycles. The maximum atomic E-state index is 12.6. The first-order valence-corrected chi connectivity index (χ1v) is 11.9. The summed E-state index contributed by atoms with van der Waals surface area (Å²) >= 11 is 0. The predicted octanol–water partition coefficient (Wildman–Crippen LogP) is 3.68. The Morgan fingerprint density at radius 1 is 0.862 bits per heavy atom. The molecule has 0 unspecified atom stereocenters. The molecule has 0 saturated heterocycles. The van der Waals surface area contributed by atoms with Crippen molar-refractivity contribution in [1.82, 2.24) is 4.72 Å². The molecule has 1 heterocycles. The molecule has 0 saturated carbocycles. The lowest BCUT2D eigenvalue weighted by molar-refractivity contribution is 0.498. The highest BCUT2D eigenvalue weighted by atomic mass is 32.2. The Morgan fingerprint density at radius 2 is 1.59 bits per heavy atom. The van der Waals surface area contributed by atoms with Crippen molar-refractivity contribution in [2.45, 2.75) is 36.1 Å². The van der Waals surface area contributed by atoms with Crippen molar-refractivity contribution < 1.29 is 21.3 Å². The van der Waals surface area contributed by atoms with E-state index in [0.29, 0.717) is 5.76 Å². The number of sulfonamides is 2. The molecule has 29 heavy (non-hydrogen) atoms. The lowest BCUT2D eigenvalue weighted by Gasteiger charge is -2.11. The molecular formula is C20H22N2O5S2. The lowest BCUT2D eigenvalue weighted by Crippen LogP contribution is -2.23. The van der Waals surface area contributed by atoms with Gasteiger partial charge in [0.05, 0.1) is 28.3 Å². The third-order valence-electron chi connectivity index (χ3n) is 4.27. The minimum absolute atomic E-state index is 0.00646. The maximum Gasteiger partial charge on any atom is 0.261 e. The Hall–Kier alpha value is -2.62. The Labute approximate surface area is 170 Å². The first-order chi connectivity index (χ1) is 13.7. The second-order valence-electron chi connectivity index (χ2n) is 6.76. The molecule has 7 nitrogen and oxygen atoms in total. The number of benzene rings is 2. The summed E-state index contributed by atoms with van der Waals surface area (Å²) in [5.41, 5.74) is 1.18. The molecular weight excluding hydrogens is 412 g/mol. The number of nitrogens with one attached hydrogen (secondary N) is 2. The van der Waals surface area contributed by atoms with Gasteiger partial charge in [0.25, 0.3) is 10.0 Å². The van der Waals surface area contributed by atoms with Gasteiger partial charge in [0.15, 0.2) is 0 Å². The molecule has 2 aromatic carbocycles. The fraction of sp³-hybridized carbons (Fsp3) is 0.200. The van der Waals surface area contributed by atoms with Crippen LogP contribution in [-0.4, -0.2) is 16.8 Å². The van der Waals surface area contributed by atoms with Crippen LogP contribution >= 0.6 is 0 Å². The number of rotatable bonds is 8. The highest BCUT2D eigenvalue weighted by molar-refractivity contribution is 7.92. The molecule has 0 aliphatic heterocycles. The minimum atomic E-state index is -3.85. The fourth-order valence-electron chi connectivity index (χ4n) is 2.64. The number of anilines is 1. The third-order valence-corrected chi connectivity index (χ3v) is 7.07. The SMILES string of the molecule is CC(C)c1ccc(S(=O)(=O)Nc2cccc(S(=O)(=O)NCc3ccco3)c2)cc1. The first-order valence-electron chi connectivity index (χ1n) is 8.92. The summed E-state index contributed by atoms with van der Waals surface area (Å²) in [7, 11) is -7.69. The maximum absolute atomic E-state index is 12.6. The predicted molar refractivity (Wildman–Crippen MR) is 111 cm³/mol. The van der Waals surface area contributed by atoms with Crippen molar-refractivity contribution in [2.24, 2.45) is 0 Å². The molecule has 2 N–H and O–H groups in total. The molecule has 0 amide bonds. The molecule has 1 aromatic heterocycles. The van der Waals surface area contributed by atoms with Crippen LogP contribution in [0.2, 0.25) is 0 Å². The van der Waals surface area contributed by atoms with Gasteiger partial charge < -0.3 is 4.42 Å². The highest BCUT2D eigenvalue weighted by Crippen LogP contribution is 2.22. The first kappa shape index (κ1) is 21.1. The van der Waals surface area contributed by atoms with Gasteiger partial charge in [-0.3, -0.25) is 4.72 Å². The Morgan fingerprint density at radius 3 is 2.21 bits per heavy atom. The van der Waals surface area contributed by atoms with Gasteiger partial charge in [-0.15, -0.1) is 0 Å². The molecule has 3 rings (SSSR count). The van der Waals surface area contributed by atoms with Crippen LogP contribution in [0.3, 0.4) is 0 Å². The largest absolute Gasteiger partial charge is 0.468 e. The molecule has 0 spiro atoms. The van der Waals surface area contributed by atoms with Crippen LogP contribution in [0.5, 0.6) is 0 Å². The van der Waals surface area contributed by atoms with Crippen molar-refractivity contribution in [2.75, 3.05) is 4.72 Å². The van der Waals surface area contributed by atoms with Crippen LogP contribution in [-0.2, 0) is 26.6 Å². The molecule has 9 heteroatoms. The number of furan rings is 1. The zero-order valence-corrected chi connectivity index (χ0v) is 17.6. The Kier molecular flexibility index (Phi) is 6.11. The second-order valence-corrected chi connectivity index (χ2v) is 10.2. The van der Waals surface area contributed by atoms with E-state index in [9.17, 15) is 16.8 Å². The van der Waals surface area contributed by atoms with E-state index in [1.807, 2.05) is 13.8 Å². The Balaban J connectivity index is 1.78. The van der Waals surface area contributed by atoms with Crippen LogP contribution in [0.15, 0.2) is 81.1 Å². The average molecular weight is 435 g/mol. The van der Waals surface area contributed by atoms with Gasteiger partial charge in [-0.25, -0.2) is 21.6 Å². The van der Waals surface area contributed by atoms with E-state index in [1.54, 1.807) is 24.3 Å². The standard InChI is InChI=1S/C20H22N2O5S2/c1-15(2)16-8-10-19(11-9-16)29(25,26)22-17-5-3-7-20(13-17)28(23,24)21-14-18-6-4-12-27-18/h3-13,15,21-22H,14H2,1-2H3. The summed E-state index contributed by atoms with van der Waals surface area (Å²) in [6.45, 7) is 4.04. The monoisotopic (exact) mass is 434 g/mol. The van der Waals surface area contributed by atoms with Crippen molar-refractivity contribution in [3.8, 4) is 0 Å². The Bertz CT molecular complexity index is 1170. The molecule has 0 atom stereocenters. The van der Waals surface area contributed by atoms with Crippen LogP contribution < -0.4 is 9.44 Å². The second kappa shape index (κ2) is 8.40. The highest BCUT2D eigenvalue weighted by Gasteiger charge is 2.18. The average Bonchev–Trinajstić information content (AvgIpc) is 3.20. The van der Waals surface area contributed by atoms with Gasteiger partial charge >= 0.3 is 0 Å². The molecule has 0 fully saturated rings. The van der Waals surface area contributed by atoms with E-state index in [0.717, 1.165) is 5.56 Å². The lowest BCUT2D eigenvalue weighted by atomic mass is 10.0. The summed E-state index contributed by atoms with van der Waals surface area (Å²) in [5.74, 6) is 0.755. The topological polar surface area (TPSA) is 105 Å². The molecule has 0 aliphatic rings. The van der Waals surface area contributed by atoms with Crippen LogP contribution in [0.4, 0.5) is 5.69 Å². The van der Waals surface area contributed by atoms with Crippen molar-refractivity contribution in [3.63, 3.8) is 0 Å². The summed E-state index contributed by atoms with van der Waals surface area (Å²) in [4.78, 5) is 0.0468. The summed E-state index contributed by atoms with van der Waals surface area (Å²) < 4.78 is 60.2. The summed E-state index contributed by atoms with van der Waals surface area (Å²) in [6, 6.07) is 15.5. The van der Waals surface area contributed by atoms with Gasteiger partial charge in [-0.1, -0.05) is 32.0 Å².